The van der Waals surface area contributed by atoms with Crippen molar-refractivity contribution in [1.29, 1.82) is 0 Å². The first-order valence-electron chi connectivity index (χ1n) is 7.95. The summed E-state index contributed by atoms with van der Waals surface area (Å²) in [6.45, 7) is 5.49. The van der Waals surface area contributed by atoms with Crippen LogP contribution in [0.25, 0.3) is 0 Å². The van der Waals surface area contributed by atoms with Crippen molar-refractivity contribution in [3.05, 3.63) is 30.1 Å². The topological polar surface area (TPSA) is 52.6 Å². The highest BCUT2D eigenvalue weighted by molar-refractivity contribution is 14.0. The summed E-state index contributed by atoms with van der Waals surface area (Å²) >= 11 is 0. The molecule has 1 aromatic heterocycles. The summed E-state index contributed by atoms with van der Waals surface area (Å²) < 4.78 is 0. The molecule has 0 unspecified atom stereocenters. The lowest BCUT2D eigenvalue weighted by atomic mass is 10.3. The molecule has 0 spiro atoms. The number of aliphatic imine (C=N–C) groups is 1. The molecule has 1 aliphatic heterocycles. The molecule has 0 radical (unpaired) electrons. The summed E-state index contributed by atoms with van der Waals surface area (Å²) in [7, 11) is 1.80. The van der Waals surface area contributed by atoms with Crippen molar-refractivity contribution in [2.75, 3.05) is 33.2 Å². The highest BCUT2D eigenvalue weighted by Crippen LogP contribution is 2.07. The van der Waals surface area contributed by atoms with Crippen LogP contribution in [0.4, 0.5) is 0 Å². The Labute approximate surface area is 151 Å². The lowest BCUT2D eigenvalue weighted by Gasteiger charge is -2.15. The predicted octanol–water partition coefficient (Wildman–Crippen LogP) is 2.24. The minimum absolute atomic E-state index is 0. The van der Waals surface area contributed by atoms with Crippen LogP contribution in [0.5, 0.6) is 0 Å². The molecule has 1 saturated heterocycles. The Kier molecular flexibility index (Phi) is 10.1. The Bertz CT molecular complexity index is 418. The van der Waals surface area contributed by atoms with E-state index in [0.29, 0.717) is 6.54 Å². The van der Waals surface area contributed by atoms with Gasteiger partial charge < -0.3 is 15.5 Å². The Morgan fingerprint density at radius 3 is 2.73 bits per heavy atom. The summed E-state index contributed by atoms with van der Waals surface area (Å²) in [5.41, 5.74) is 1.02. The van der Waals surface area contributed by atoms with Crippen molar-refractivity contribution in [3.8, 4) is 0 Å². The predicted molar refractivity (Wildman–Crippen MR) is 103 cm³/mol. The standard InChI is InChI=1S/C16H27N5.HI/c1-17-16(20-14-15-8-2-3-9-18-15)19-10-4-5-11-21-12-6-7-13-21;/h2-3,8-9H,4-7,10-14H2,1H3,(H2,17,19,20);1H. The van der Waals surface area contributed by atoms with Crippen LogP contribution in [0.15, 0.2) is 29.4 Å². The molecule has 1 aromatic rings. The van der Waals surface area contributed by atoms with Crippen LogP contribution in [0.3, 0.4) is 0 Å². The highest BCUT2D eigenvalue weighted by Gasteiger charge is 2.09. The molecule has 2 rings (SSSR count). The molecule has 0 atom stereocenters. The van der Waals surface area contributed by atoms with E-state index in [1.807, 2.05) is 24.4 Å². The molecular formula is C16H28IN5. The molecule has 6 heteroatoms. The van der Waals surface area contributed by atoms with Gasteiger partial charge in [-0.1, -0.05) is 6.07 Å². The first kappa shape index (κ1) is 19.2. The van der Waals surface area contributed by atoms with Gasteiger partial charge in [-0.2, -0.15) is 0 Å². The molecule has 1 fully saturated rings. The zero-order valence-electron chi connectivity index (χ0n) is 13.4. The largest absolute Gasteiger partial charge is 0.356 e. The van der Waals surface area contributed by atoms with Crippen molar-refractivity contribution in [1.82, 2.24) is 20.5 Å². The van der Waals surface area contributed by atoms with Gasteiger partial charge in [-0.3, -0.25) is 9.98 Å². The van der Waals surface area contributed by atoms with E-state index in [9.17, 15) is 0 Å². The van der Waals surface area contributed by atoms with E-state index in [0.717, 1.165) is 18.2 Å². The number of rotatable bonds is 7. The van der Waals surface area contributed by atoms with Crippen LogP contribution in [0.2, 0.25) is 0 Å². The van der Waals surface area contributed by atoms with E-state index in [4.69, 9.17) is 0 Å². The first-order valence-corrected chi connectivity index (χ1v) is 7.95. The lowest BCUT2D eigenvalue weighted by Crippen LogP contribution is -2.37. The average molecular weight is 417 g/mol. The molecular weight excluding hydrogens is 389 g/mol. The Morgan fingerprint density at radius 2 is 2.05 bits per heavy atom. The van der Waals surface area contributed by atoms with Crippen molar-refractivity contribution in [2.24, 2.45) is 4.99 Å². The SMILES string of the molecule is CN=C(NCCCCN1CCCC1)NCc1ccccn1.I. The maximum Gasteiger partial charge on any atom is 0.191 e. The number of hydrogen-bond acceptors (Lipinski definition) is 3. The minimum Gasteiger partial charge on any atom is -0.356 e. The molecule has 0 bridgehead atoms. The number of nitrogens with zero attached hydrogens (tertiary/aromatic N) is 3. The number of nitrogens with one attached hydrogen (secondary N) is 2. The van der Waals surface area contributed by atoms with E-state index < -0.39 is 0 Å². The second-order valence-corrected chi connectivity index (χ2v) is 5.43. The van der Waals surface area contributed by atoms with Crippen molar-refractivity contribution >= 4 is 29.9 Å². The summed E-state index contributed by atoms with van der Waals surface area (Å²) in [6, 6.07) is 5.94. The quantitative estimate of drug-likeness (QED) is 0.309. The fourth-order valence-electron chi connectivity index (χ4n) is 2.57. The smallest absolute Gasteiger partial charge is 0.191 e. The lowest BCUT2D eigenvalue weighted by molar-refractivity contribution is 0.330. The number of aromatic nitrogens is 1. The number of likely N-dealkylation sites (tertiary alicyclic amines) is 1. The summed E-state index contributed by atoms with van der Waals surface area (Å²) in [4.78, 5) is 11.1. The molecule has 1 aliphatic rings. The number of hydrogen-bond donors (Lipinski definition) is 2. The van der Waals surface area contributed by atoms with Crippen LogP contribution in [0, 0.1) is 0 Å². The third kappa shape index (κ3) is 7.40. The van der Waals surface area contributed by atoms with E-state index in [-0.39, 0.29) is 24.0 Å². The first-order chi connectivity index (χ1) is 10.4. The fourth-order valence-corrected chi connectivity index (χ4v) is 2.57. The average Bonchev–Trinajstić information content (AvgIpc) is 3.04. The van der Waals surface area contributed by atoms with Gasteiger partial charge in [-0.15, -0.1) is 24.0 Å². The van der Waals surface area contributed by atoms with E-state index >= 15 is 0 Å². The molecule has 2 heterocycles. The van der Waals surface area contributed by atoms with Crippen LogP contribution < -0.4 is 10.6 Å². The maximum atomic E-state index is 4.29. The van der Waals surface area contributed by atoms with Crippen molar-refractivity contribution < 1.29 is 0 Å². The Hall–Kier alpha value is -0.890. The van der Waals surface area contributed by atoms with Gasteiger partial charge in [0.05, 0.1) is 12.2 Å². The van der Waals surface area contributed by atoms with Crippen molar-refractivity contribution in [3.63, 3.8) is 0 Å². The van der Waals surface area contributed by atoms with Gasteiger partial charge in [0.1, 0.15) is 0 Å². The fraction of sp³-hybridized carbons (Fsp3) is 0.625. The minimum atomic E-state index is 0. The maximum absolute atomic E-state index is 4.29. The second-order valence-electron chi connectivity index (χ2n) is 5.43. The number of halogens is 1. The van der Waals surface area contributed by atoms with Crippen LogP contribution >= 0.6 is 24.0 Å². The summed E-state index contributed by atoms with van der Waals surface area (Å²) in [5.74, 6) is 0.849. The third-order valence-electron chi connectivity index (χ3n) is 3.78. The Morgan fingerprint density at radius 1 is 1.23 bits per heavy atom. The highest BCUT2D eigenvalue weighted by atomic mass is 127. The van der Waals surface area contributed by atoms with Gasteiger partial charge in [-0.05, 0) is 57.5 Å². The van der Waals surface area contributed by atoms with E-state index in [1.165, 1.54) is 45.3 Å². The van der Waals surface area contributed by atoms with Gasteiger partial charge >= 0.3 is 0 Å². The molecule has 0 aromatic carbocycles. The number of unbranched alkanes of at least 4 members (excludes halogenated alkanes) is 1. The Balaban J connectivity index is 0.00000242. The molecule has 124 valence electrons. The molecule has 5 nitrogen and oxygen atoms in total. The monoisotopic (exact) mass is 417 g/mol. The van der Waals surface area contributed by atoms with Gasteiger partial charge in [0.15, 0.2) is 5.96 Å². The van der Waals surface area contributed by atoms with Crippen LogP contribution in [-0.4, -0.2) is 49.1 Å². The number of guanidine groups is 1. The van der Waals surface area contributed by atoms with Crippen LogP contribution in [0.1, 0.15) is 31.4 Å². The van der Waals surface area contributed by atoms with E-state index in [1.54, 1.807) is 7.05 Å². The number of pyridine rings is 1. The van der Waals surface area contributed by atoms with Gasteiger partial charge in [-0.25, -0.2) is 0 Å². The van der Waals surface area contributed by atoms with Crippen molar-refractivity contribution in [2.45, 2.75) is 32.2 Å². The molecule has 2 N–H and O–H groups in total. The second kappa shape index (κ2) is 11.6. The summed E-state index contributed by atoms with van der Waals surface area (Å²) in [5, 5.41) is 6.64. The molecule has 0 amide bonds. The zero-order valence-corrected chi connectivity index (χ0v) is 15.8. The zero-order chi connectivity index (χ0) is 14.8. The van der Waals surface area contributed by atoms with Gasteiger partial charge in [0.2, 0.25) is 0 Å². The molecule has 0 aliphatic carbocycles. The molecule has 0 saturated carbocycles. The normalized spacial score (nSPS) is 15.4. The third-order valence-corrected chi connectivity index (χ3v) is 3.78. The molecule has 22 heavy (non-hydrogen) atoms. The van der Waals surface area contributed by atoms with Crippen LogP contribution in [-0.2, 0) is 6.54 Å². The van der Waals surface area contributed by atoms with Gasteiger partial charge in [0, 0.05) is 19.8 Å². The van der Waals surface area contributed by atoms with E-state index in [2.05, 4.69) is 25.5 Å². The summed E-state index contributed by atoms with van der Waals surface area (Å²) in [6.07, 6.45) is 7.00. The van der Waals surface area contributed by atoms with Gasteiger partial charge in [0.25, 0.3) is 0 Å².